The Kier molecular flexibility index (Phi) is 3.77. The van der Waals surface area contributed by atoms with Crippen LogP contribution in [-0.4, -0.2) is 5.11 Å². The van der Waals surface area contributed by atoms with E-state index >= 15 is 0 Å². The maximum atomic E-state index is 13.5. The third kappa shape index (κ3) is 2.42. The zero-order valence-electron chi connectivity index (χ0n) is 12.0. The number of para-hydroxylation sites is 1. The number of fused-ring (bicyclic) bond motifs is 1. The molecule has 1 atom stereocenters. The van der Waals surface area contributed by atoms with Gasteiger partial charge in [0.25, 0.3) is 0 Å². The van der Waals surface area contributed by atoms with E-state index in [2.05, 4.69) is 0 Å². The molecule has 0 amide bonds. The van der Waals surface area contributed by atoms with Gasteiger partial charge in [-0.3, -0.25) is 4.79 Å². The zero-order chi connectivity index (χ0) is 15.7. The third-order valence-corrected chi connectivity index (χ3v) is 3.63. The Bertz CT molecular complexity index is 883. The predicted octanol–water partition coefficient (Wildman–Crippen LogP) is 4.04. The first-order valence-corrected chi connectivity index (χ1v) is 7.11. The number of benzene rings is 2. The Labute approximate surface area is 126 Å². The van der Waals surface area contributed by atoms with Gasteiger partial charge in [0.2, 0.25) is 5.43 Å². The van der Waals surface area contributed by atoms with E-state index in [1.54, 1.807) is 37.3 Å². The second kappa shape index (κ2) is 5.73. The summed E-state index contributed by atoms with van der Waals surface area (Å²) in [4.78, 5) is 12.8. The molecular formula is C18H15FO3. The van der Waals surface area contributed by atoms with Crippen molar-refractivity contribution < 1.29 is 13.9 Å². The average Bonchev–Trinajstić information content (AvgIpc) is 2.54. The highest BCUT2D eigenvalue weighted by atomic mass is 19.1. The van der Waals surface area contributed by atoms with Crippen LogP contribution < -0.4 is 5.43 Å². The van der Waals surface area contributed by atoms with Crippen LogP contribution in [0.4, 0.5) is 4.39 Å². The van der Waals surface area contributed by atoms with E-state index in [1.165, 1.54) is 18.2 Å². The summed E-state index contributed by atoms with van der Waals surface area (Å²) in [6.45, 7) is 1.79. The van der Waals surface area contributed by atoms with Gasteiger partial charge in [-0.15, -0.1) is 0 Å². The Balaban J connectivity index is 2.40. The van der Waals surface area contributed by atoms with E-state index in [9.17, 15) is 14.3 Å². The van der Waals surface area contributed by atoms with Crippen LogP contribution in [0, 0.1) is 5.82 Å². The summed E-state index contributed by atoms with van der Waals surface area (Å²) < 4.78 is 19.3. The summed E-state index contributed by atoms with van der Waals surface area (Å²) in [5, 5.41) is 10.6. The van der Waals surface area contributed by atoms with Crippen molar-refractivity contribution in [3.05, 3.63) is 70.3 Å². The van der Waals surface area contributed by atoms with Crippen molar-refractivity contribution >= 4 is 11.0 Å². The highest BCUT2D eigenvalue weighted by Gasteiger charge is 2.21. The van der Waals surface area contributed by atoms with Crippen molar-refractivity contribution in [2.45, 2.75) is 19.4 Å². The van der Waals surface area contributed by atoms with E-state index in [0.29, 0.717) is 23.0 Å². The van der Waals surface area contributed by atoms with Gasteiger partial charge in [0.15, 0.2) is 0 Å². The topological polar surface area (TPSA) is 50.4 Å². The number of hydrogen-bond acceptors (Lipinski definition) is 3. The zero-order valence-corrected chi connectivity index (χ0v) is 12.0. The highest BCUT2D eigenvalue weighted by molar-refractivity contribution is 5.82. The van der Waals surface area contributed by atoms with Gasteiger partial charge in [-0.05, 0) is 36.2 Å². The van der Waals surface area contributed by atoms with Gasteiger partial charge in [0.05, 0.1) is 10.9 Å². The van der Waals surface area contributed by atoms with E-state index < -0.39 is 11.9 Å². The molecule has 1 N–H and O–H groups in total. The Morgan fingerprint density at radius 3 is 2.68 bits per heavy atom. The molecule has 0 spiro atoms. The smallest absolute Gasteiger partial charge is 0.200 e. The molecule has 0 fully saturated rings. The summed E-state index contributed by atoms with van der Waals surface area (Å²) in [6.07, 6.45) is -0.528. The maximum Gasteiger partial charge on any atom is 0.200 e. The van der Waals surface area contributed by atoms with Crippen LogP contribution in [-0.2, 0) is 0 Å². The molecule has 0 aliphatic heterocycles. The molecule has 0 radical (unpaired) electrons. The fraction of sp³-hybridized carbons (Fsp3) is 0.167. The van der Waals surface area contributed by atoms with Crippen LogP contribution in [0.25, 0.3) is 22.1 Å². The molecule has 2 aromatic carbocycles. The monoisotopic (exact) mass is 298 g/mol. The Morgan fingerprint density at radius 1 is 1.18 bits per heavy atom. The predicted molar refractivity (Wildman–Crippen MR) is 83.1 cm³/mol. The van der Waals surface area contributed by atoms with Crippen molar-refractivity contribution in [3.63, 3.8) is 0 Å². The largest absolute Gasteiger partial charge is 0.457 e. The summed E-state index contributed by atoms with van der Waals surface area (Å²) in [7, 11) is 0. The quantitative estimate of drug-likeness (QED) is 0.794. The summed E-state index contributed by atoms with van der Waals surface area (Å²) in [6, 6.07) is 12.6. The molecule has 3 aromatic rings. The van der Waals surface area contributed by atoms with E-state index in [-0.39, 0.29) is 16.8 Å². The number of halogens is 1. The number of hydrogen-bond donors (Lipinski definition) is 1. The molecular weight excluding hydrogens is 283 g/mol. The van der Waals surface area contributed by atoms with Gasteiger partial charge in [-0.1, -0.05) is 31.2 Å². The first kappa shape index (κ1) is 14.5. The molecule has 112 valence electrons. The molecule has 3 nitrogen and oxygen atoms in total. The first-order valence-electron chi connectivity index (χ1n) is 7.11. The average molecular weight is 298 g/mol. The Hall–Kier alpha value is -2.46. The highest BCUT2D eigenvalue weighted by Crippen LogP contribution is 2.30. The van der Waals surface area contributed by atoms with Crippen molar-refractivity contribution in [2.24, 2.45) is 0 Å². The van der Waals surface area contributed by atoms with Crippen molar-refractivity contribution in [1.29, 1.82) is 0 Å². The van der Waals surface area contributed by atoms with Gasteiger partial charge in [-0.25, -0.2) is 4.39 Å². The van der Waals surface area contributed by atoms with Crippen LogP contribution in [0.5, 0.6) is 0 Å². The minimum atomic E-state index is -0.921. The van der Waals surface area contributed by atoms with Crippen LogP contribution in [0.1, 0.15) is 25.2 Å². The first-order chi connectivity index (χ1) is 10.6. The number of aliphatic hydroxyl groups is 1. The standard InChI is InChI=1S/C18H15FO3/c1-2-14(20)18-16(11-6-5-7-12(19)10-11)17(21)13-8-3-4-9-15(13)22-18/h3-10,14,20H,2H2,1H3. The lowest BCUT2D eigenvalue weighted by Crippen LogP contribution is -2.11. The lowest BCUT2D eigenvalue weighted by molar-refractivity contribution is 0.147. The fourth-order valence-electron chi connectivity index (χ4n) is 2.50. The fourth-order valence-corrected chi connectivity index (χ4v) is 2.50. The lowest BCUT2D eigenvalue weighted by Gasteiger charge is -2.14. The minimum absolute atomic E-state index is 0.178. The van der Waals surface area contributed by atoms with E-state index in [4.69, 9.17) is 4.42 Å². The second-order valence-electron chi connectivity index (χ2n) is 5.10. The molecule has 3 rings (SSSR count). The molecule has 0 saturated heterocycles. The van der Waals surface area contributed by atoms with Gasteiger partial charge >= 0.3 is 0 Å². The van der Waals surface area contributed by atoms with Crippen LogP contribution in [0.3, 0.4) is 0 Å². The second-order valence-corrected chi connectivity index (χ2v) is 5.10. The normalized spacial score (nSPS) is 12.5. The molecule has 0 bridgehead atoms. The van der Waals surface area contributed by atoms with Crippen molar-refractivity contribution in [3.8, 4) is 11.1 Å². The minimum Gasteiger partial charge on any atom is -0.457 e. The van der Waals surface area contributed by atoms with Gasteiger partial charge in [-0.2, -0.15) is 0 Å². The molecule has 0 aliphatic carbocycles. The van der Waals surface area contributed by atoms with Gasteiger partial charge in [0.1, 0.15) is 23.3 Å². The molecule has 1 aromatic heterocycles. The lowest BCUT2D eigenvalue weighted by atomic mass is 9.99. The van der Waals surface area contributed by atoms with Crippen LogP contribution in [0.15, 0.2) is 57.7 Å². The number of rotatable bonds is 3. The molecule has 0 saturated carbocycles. The van der Waals surface area contributed by atoms with Crippen LogP contribution in [0.2, 0.25) is 0 Å². The van der Waals surface area contributed by atoms with Crippen LogP contribution >= 0.6 is 0 Å². The molecule has 4 heteroatoms. The molecule has 0 aliphatic rings. The van der Waals surface area contributed by atoms with Gasteiger partial charge < -0.3 is 9.52 Å². The molecule has 1 heterocycles. The molecule has 22 heavy (non-hydrogen) atoms. The third-order valence-electron chi connectivity index (χ3n) is 3.63. The van der Waals surface area contributed by atoms with Gasteiger partial charge in [0, 0.05) is 0 Å². The summed E-state index contributed by atoms with van der Waals surface area (Å²) in [5.41, 5.74) is 0.764. The SMILES string of the molecule is CCC(O)c1oc2ccccc2c(=O)c1-c1cccc(F)c1. The van der Waals surface area contributed by atoms with Crippen molar-refractivity contribution in [1.82, 2.24) is 0 Å². The summed E-state index contributed by atoms with van der Waals surface area (Å²) in [5.74, 6) is -0.265. The van der Waals surface area contributed by atoms with Crippen molar-refractivity contribution in [2.75, 3.05) is 0 Å². The maximum absolute atomic E-state index is 13.5. The van der Waals surface area contributed by atoms with E-state index in [1.807, 2.05) is 0 Å². The van der Waals surface area contributed by atoms with E-state index in [0.717, 1.165) is 0 Å². The Morgan fingerprint density at radius 2 is 1.95 bits per heavy atom. The molecule has 1 unspecified atom stereocenters. The number of aliphatic hydroxyl groups excluding tert-OH is 1. The summed E-state index contributed by atoms with van der Waals surface area (Å²) >= 11 is 0.